The first-order valence-corrected chi connectivity index (χ1v) is 7.64. The number of hydrogen-bond donors (Lipinski definition) is 2. The van der Waals surface area contributed by atoms with Crippen LogP contribution in [0.5, 0.6) is 0 Å². The van der Waals surface area contributed by atoms with Gasteiger partial charge in [-0.1, -0.05) is 0 Å². The van der Waals surface area contributed by atoms with Gasteiger partial charge in [0.2, 0.25) is 5.95 Å². The maximum atomic E-state index is 13.2. The third kappa shape index (κ3) is 4.53. The summed E-state index contributed by atoms with van der Waals surface area (Å²) < 4.78 is 13.8. The fourth-order valence-electron chi connectivity index (χ4n) is 2.20. The van der Waals surface area contributed by atoms with E-state index in [9.17, 15) is 14.3 Å². The first-order chi connectivity index (χ1) is 10.9. The number of aromatic carboxylic acids is 1. The Morgan fingerprint density at radius 2 is 2.00 bits per heavy atom. The summed E-state index contributed by atoms with van der Waals surface area (Å²) in [7, 11) is 0. The average Bonchev–Trinajstić information content (AvgIpc) is 2.86. The molecule has 0 fully saturated rings. The highest BCUT2D eigenvalue weighted by molar-refractivity contribution is 7.19. The van der Waals surface area contributed by atoms with Gasteiger partial charge in [-0.15, -0.1) is 36.2 Å². The summed E-state index contributed by atoms with van der Waals surface area (Å²) in [6.45, 7) is 3.68. The maximum Gasteiger partial charge on any atom is 0.356 e. The van der Waals surface area contributed by atoms with Crippen LogP contribution in [-0.4, -0.2) is 26.0 Å². The van der Waals surface area contributed by atoms with E-state index in [1.807, 2.05) is 13.0 Å². The lowest BCUT2D eigenvalue weighted by Gasteiger charge is -2.14. The minimum absolute atomic E-state index is 0. The molecule has 0 unspecified atom stereocenters. The van der Waals surface area contributed by atoms with Crippen LogP contribution in [0.15, 0.2) is 24.5 Å². The standard InChI is InChI=1S/C15H13FN4O2S.2ClH/c1-7-3-11-13(23-7)12(14(21)22)20-15(19-11)18-8(2)9-4-10(16)6-17-5-9;;/h3-6,8H,1-2H3,(H,21,22)(H,18,19,20);2*1H/t8-;;/m0../s1. The van der Waals surface area contributed by atoms with Crippen LogP contribution >= 0.6 is 36.2 Å². The molecule has 0 saturated heterocycles. The number of halogens is 3. The summed E-state index contributed by atoms with van der Waals surface area (Å²) in [5.41, 5.74) is 1.15. The monoisotopic (exact) mass is 404 g/mol. The van der Waals surface area contributed by atoms with Gasteiger partial charge >= 0.3 is 5.97 Å². The van der Waals surface area contributed by atoms with Gasteiger partial charge in [-0.2, -0.15) is 0 Å². The molecule has 0 aromatic carbocycles. The minimum atomic E-state index is -1.11. The third-order valence-corrected chi connectivity index (χ3v) is 4.32. The fourth-order valence-corrected chi connectivity index (χ4v) is 3.13. The van der Waals surface area contributed by atoms with Crippen molar-refractivity contribution in [2.24, 2.45) is 0 Å². The Balaban J connectivity index is 0.00000156. The van der Waals surface area contributed by atoms with Gasteiger partial charge in [-0.05, 0) is 31.5 Å². The van der Waals surface area contributed by atoms with E-state index in [1.54, 1.807) is 6.92 Å². The van der Waals surface area contributed by atoms with Crippen molar-refractivity contribution in [3.8, 4) is 0 Å². The minimum Gasteiger partial charge on any atom is -0.476 e. The topological polar surface area (TPSA) is 88.0 Å². The smallest absolute Gasteiger partial charge is 0.356 e. The predicted octanol–water partition coefficient (Wildman–Crippen LogP) is 4.25. The molecular formula is C15H15Cl2FN4O2S. The summed E-state index contributed by atoms with van der Waals surface area (Å²) in [5, 5.41) is 12.3. The number of thiophene rings is 1. The molecular weight excluding hydrogens is 390 g/mol. The Hall–Kier alpha value is -2.03. The molecule has 2 N–H and O–H groups in total. The molecule has 0 spiro atoms. The summed E-state index contributed by atoms with van der Waals surface area (Å²) in [4.78, 5) is 24.6. The summed E-state index contributed by atoms with van der Waals surface area (Å²) >= 11 is 1.34. The van der Waals surface area contributed by atoms with Crippen molar-refractivity contribution in [1.29, 1.82) is 0 Å². The number of fused-ring (bicyclic) bond motifs is 1. The molecule has 3 heterocycles. The van der Waals surface area contributed by atoms with Crippen molar-refractivity contribution in [1.82, 2.24) is 15.0 Å². The Labute approximate surface area is 159 Å². The highest BCUT2D eigenvalue weighted by Gasteiger charge is 2.17. The zero-order valence-electron chi connectivity index (χ0n) is 13.2. The highest BCUT2D eigenvalue weighted by atomic mass is 35.5. The lowest BCUT2D eigenvalue weighted by molar-refractivity contribution is 0.0693. The molecule has 3 rings (SSSR count). The van der Waals surface area contributed by atoms with E-state index in [1.165, 1.54) is 23.6 Å². The molecule has 1 atom stereocenters. The van der Waals surface area contributed by atoms with Crippen molar-refractivity contribution >= 4 is 58.3 Å². The Kier molecular flexibility index (Phi) is 7.04. The molecule has 0 amide bonds. The number of pyridine rings is 1. The largest absolute Gasteiger partial charge is 0.476 e. The van der Waals surface area contributed by atoms with Crippen LogP contribution < -0.4 is 5.32 Å². The number of nitrogens with zero attached hydrogens (tertiary/aromatic N) is 3. The van der Waals surface area contributed by atoms with E-state index in [-0.39, 0.29) is 42.5 Å². The van der Waals surface area contributed by atoms with Gasteiger partial charge < -0.3 is 10.4 Å². The van der Waals surface area contributed by atoms with Gasteiger partial charge in [0.1, 0.15) is 5.82 Å². The summed E-state index contributed by atoms with van der Waals surface area (Å²) in [6, 6.07) is 2.85. The van der Waals surface area contributed by atoms with E-state index >= 15 is 0 Å². The van der Waals surface area contributed by atoms with Gasteiger partial charge in [0, 0.05) is 11.1 Å². The molecule has 0 aliphatic carbocycles. The van der Waals surface area contributed by atoms with E-state index in [0.717, 1.165) is 11.1 Å². The van der Waals surface area contributed by atoms with E-state index in [0.29, 0.717) is 15.8 Å². The number of nitrogens with one attached hydrogen (secondary N) is 1. The molecule has 3 aromatic heterocycles. The summed E-state index contributed by atoms with van der Waals surface area (Å²) in [5.74, 6) is -1.36. The number of rotatable bonds is 4. The fraction of sp³-hybridized carbons (Fsp3) is 0.200. The molecule has 0 aliphatic rings. The Morgan fingerprint density at radius 3 is 2.64 bits per heavy atom. The molecule has 134 valence electrons. The molecule has 6 nitrogen and oxygen atoms in total. The third-order valence-electron chi connectivity index (χ3n) is 3.27. The van der Waals surface area contributed by atoms with Crippen molar-refractivity contribution in [3.63, 3.8) is 0 Å². The Morgan fingerprint density at radius 1 is 1.28 bits per heavy atom. The Bertz CT molecular complexity index is 906. The van der Waals surface area contributed by atoms with Gasteiger partial charge in [0.25, 0.3) is 0 Å². The molecule has 25 heavy (non-hydrogen) atoms. The van der Waals surface area contributed by atoms with Gasteiger partial charge in [-0.3, -0.25) is 4.98 Å². The maximum absolute atomic E-state index is 13.2. The SMILES string of the molecule is Cc1cc2nc(N[C@@H](C)c3cncc(F)c3)nc(C(=O)O)c2s1.Cl.Cl. The normalized spacial score (nSPS) is 11.3. The second kappa shape index (κ2) is 8.37. The number of aromatic nitrogens is 3. The van der Waals surface area contributed by atoms with Crippen molar-refractivity contribution in [3.05, 3.63) is 46.5 Å². The van der Waals surface area contributed by atoms with Gasteiger partial charge in [0.05, 0.1) is 22.5 Å². The lowest BCUT2D eigenvalue weighted by Crippen LogP contribution is -2.12. The lowest BCUT2D eigenvalue weighted by atomic mass is 10.1. The van der Waals surface area contributed by atoms with Crippen molar-refractivity contribution in [2.75, 3.05) is 5.32 Å². The number of aryl methyl sites for hydroxylation is 1. The number of carbonyl (C=O) groups is 1. The van der Waals surface area contributed by atoms with Gasteiger partial charge in [-0.25, -0.2) is 19.2 Å². The zero-order chi connectivity index (χ0) is 16.6. The quantitative estimate of drug-likeness (QED) is 0.675. The van der Waals surface area contributed by atoms with Gasteiger partial charge in [0.15, 0.2) is 5.69 Å². The molecule has 0 saturated carbocycles. The van der Waals surface area contributed by atoms with Crippen LogP contribution in [0.4, 0.5) is 10.3 Å². The number of carboxylic acids is 1. The first kappa shape index (κ1) is 21.0. The number of carboxylic acid groups (broad SMARTS) is 1. The zero-order valence-corrected chi connectivity index (χ0v) is 15.6. The molecule has 3 aromatic rings. The number of hydrogen-bond acceptors (Lipinski definition) is 6. The first-order valence-electron chi connectivity index (χ1n) is 6.82. The van der Waals surface area contributed by atoms with E-state index in [4.69, 9.17) is 0 Å². The van der Waals surface area contributed by atoms with Crippen molar-refractivity contribution in [2.45, 2.75) is 19.9 Å². The molecule has 0 aliphatic heterocycles. The number of anilines is 1. The highest BCUT2D eigenvalue weighted by Crippen LogP contribution is 2.28. The second-order valence-electron chi connectivity index (χ2n) is 5.07. The van der Waals surface area contributed by atoms with Crippen LogP contribution in [-0.2, 0) is 0 Å². The van der Waals surface area contributed by atoms with Crippen LogP contribution in [0.3, 0.4) is 0 Å². The van der Waals surface area contributed by atoms with Crippen molar-refractivity contribution < 1.29 is 14.3 Å². The van der Waals surface area contributed by atoms with E-state index in [2.05, 4.69) is 20.3 Å². The van der Waals surface area contributed by atoms with E-state index < -0.39 is 11.8 Å². The van der Waals surface area contributed by atoms with Crippen LogP contribution in [0.2, 0.25) is 0 Å². The molecule has 10 heteroatoms. The molecule has 0 radical (unpaired) electrons. The molecule has 0 bridgehead atoms. The summed E-state index contributed by atoms with van der Waals surface area (Å²) in [6.07, 6.45) is 2.65. The van der Waals surface area contributed by atoms with Crippen LogP contribution in [0.1, 0.15) is 33.9 Å². The predicted molar refractivity (Wildman–Crippen MR) is 99.8 cm³/mol. The second-order valence-corrected chi connectivity index (χ2v) is 6.33. The average molecular weight is 405 g/mol. The van der Waals surface area contributed by atoms with Crippen LogP contribution in [0, 0.1) is 12.7 Å². The van der Waals surface area contributed by atoms with Crippen LogP contribution in [0.25, 0.3) is 10.2 Å².